The van der Waals surface area contributed by atoms with E-state index in [0.29, 0.717) is 38.8 Å². The minimum absolute atomic E-state index is 0.463. The fourth-order valence-corrected chi connectivity index (χ4v) is 7.98. The molecule has 37 heavy (non-hydrogen) atoms. The molecule has 10 nitrogen and oxygen atoms in total. The lowest BCUT2D eigenvalue weighted by Gasteiger charge is -2.45. The van der Waals surface area contributed by atoms with E-state index in [9.17, 15) is 8.42 Å². The van der Waals surface area contributed by atoms with Crippen LogP contribution in [0.1, 0.15) is 18.7 Å². The van der Waals surface area contributed by atoms with E-state index < -0.39 is 15.6 Å². The third kappa shape index (κ3) is 4.72. The number of nitrogens with zero attached hydrogens (tertiary/aromatic N) is 7. The number of aromatic nitrogens is 4. The van der Waals surface area contributed by atoms with Gasteiger partial charge in [0.1, 0.15) is 0 Å². The van der Waals surface area contributed by atoms with Crippen LogP contribution in [-0.4, -0.2) is 95.1 Å². The summed E-state index contributed by atoms with van der Waals surface area (Å²) in [6.45, 7) is 9.48. The number of benzene rings is 1. The lowest BCUT2D eigenvalue weighted by atomic mass is 10.0. The predicted molar refractivity (Wildman–Crippen MR) is 146 cm³/mol. The molecule has 12 heteroatoms. The molecule has 0 unspecified atom stereocenters. The molecule has 0 aliphatic carbocycles. The molecule has 196 valence electrons. The zero-order valence-corrected chi connectivity index (χ0v) is 22.9. The molecule has 0 spiro atoms. The minimum Gasteiger partial charge on any atom is -0.378 e. The summed E-state index contributed by atoms with van der Waals surface area (Å²) in [4.78, 5) is 15.8. The number of sulfonamides is 1. The lowest BCUT2D eigenvalue weighted by molar-refractivity contribution is 0.0778. The Labute approximate surface area is 220 Å². The van der Waals surface area contributed by atoms with Gasteiger partial charge in [0.2, 0.25) is 10.0 Å². The van der Waals surface area contributed by atoms with Crippen LogP contribution in [0, 0.1) is 0 Å². The molecule has 0 saturated carbocycles. The van der Waals surface area contributed by atoms with Crippen molar-refractivity contribution in [1.29, 1.82) is 0 Å². The minimum atomic E-state index is -3.24. The molecule has 0 atom stereocenters. The summed E-state index contributed by atoms with van der Waals surface area (Å²) in [7, 11) is -3.24. The molecule has 5 heterocycles. The second-order valence-corrected chi connectivity index (χ2v) is 13.4. The van der Waals surface area contributed by atoms with E-state index in [1.807, 2.05) is 49.0 Å². The third-order valence-corrected chi connectivity index (χ3v) is 9.64. The highest BCUT2D eigenvalue weighted by Gasteiger charge is 2.39. The van der Waals surface area contributed by atoms with Crippen molar-refractivity contribution in [2.24, 2.45) is 0 Å². The second kappa shape index (κ2) is 9.28. The van der Waals surface area contributed by atoms with Crippen LogP contribution in [0.5, 0.6) is 0 Å². The molecule has 0 amide bonds. The molecule has 0 radical (unpaired) electrons. The van der Waals surface area contributed by atoms with E-state index in [0.717, 1.165) is 46.6 Å². The van der Waals surface area contributed by atoms with Gasteiger partial charge < -0.3 is 9.64 Å². The average Bonchev–Trinajstić information content (AvgIpc) is 3.46. The van der Waals surface area contributed by atoms with E-state index in [4.69, 9.17) is 14.7 Å². The molecule has 1 aromatic carbocycles. The zero-order valence-electron chi connectivity index (χ0n) is 21.3. The van der Waals surface area contributed by atoms with E-state index in [1.54, 1.807) is 15.6 Å². The van der Waals surface area contributed by atoms with Gasteiger partial charge in [0, 0.05) is 55.1 Å². The van der Waals surface area contributed by atoms with Gasteiger partial charge in [0.05, 0.1) is 41.4 Å². The number of ether oxygens (including phenoxy) is 1. The first-order chi connectivity index (χ1) is 17.7. The Bertz CT molecular complexity index is 1560. The zero-order chi connectivity index (χ0) is 25.8. The molecule has 2 fully saturated rings. The van der Waals surface area contributed by atoms with E-state index >= 15 is 0 Å². The maximum Gasteiger partial charge on any atom is 0.253 e. The van der Waals surface area contributed by atoms with Crippen molar-refractivity contribution < 1.29 is 13.2 Å². The largest absolute Gasteiger partial charge is 0.378 e. The first-order valence-corrected chi connectivity index (χ1v) is 15.1. The average molecular weight is 542 g/mol. The van der Waals surface area contributed by atoms with Gasteiger partial charge in [0.15, 0.2) is 5.82 Å². The number of piperazine rings is 1. The Kier molecular flexibility index (Phi) is 6.19. The second-order valence-electron chi connectivity index (χ2n) is 10.3. The highest BCUT2D eigenvalue weighted by molar-refractivity contribution is 7.88. The molecule has 0 N–H and O–H groups in total. The quantitative estimate of drug-likeness (QED) is 0.381. The van der Waals surface area contributed by atoms with Gasteiger partial charge in [0.25, 0.3) is 5.95 Å². The van der Waals surface area contributed by atoms with Crippen molar-refractivity contribution in [2.75, 3.05) is 57.1 Å². The molecule has 3 aromatic heterocycles. The lowest BCUT2D eigenvalue weighted by Crippen LogP contribution is -2.60. The molecular formula is C25H31N7O3S2. The van der Waals surface area contributed by atoms with Crippen molar-refractivity contribution in [2.45, 2.75) is 25.9 Å². The number of thiophene rings is 1. The van der Waals surface area contributed by atoms with Gasteiger partial charge in [-0.25, -0.2) is 13.4 Å². The number of para-hydroxylation sites is 1. The summed E-state index contributed by atoms with van der Waals surface area (Å²) in [5.41, 5.74) is 1.41. The Hall–Kier alpha value is -2.64. The third-order valence-electron chi connectivity index (χ3n) is 7.06. The Morgan fingerprint density at radius 1 is 1.08 bits per heavy atom. The van der Waals surface area contributed by atoms with Gasteiger partial charge in [-0.05, 0) is 26.0 Å². The highest BCUT2D eigenvalue weighted by atomic mass is 32.2. The van der Waals surface area contributed by atoms with Crippen LogP contribution in [0.4, 0.5) is 5.82 Å². The highest BCUT2D eigenvalue weighted by Crippen LogP contribution is 2.35. The first-order valence-electron chi connectivity index (χ1n) is 12.5. The van der Waals surface area contributed by atoms with Gasteiger partial charge in [-0.2, -0.15) is 19.1 Å². The van der Waals surface area contributed by atoms with Crippen molar-refractivity contribution in [3.63, 3.8) is 0 Å². The van der Waals surface area contributed by atoms with Gasteiger partial charge in [-0.1, -0.05) is 18.2 Å². The summed E-state index contributed by atoms with van der Waals surface area (Å²) in [5.74, 6) is 1.48. The van der Waals surface area contributed by atoms with Crippen LogP contribution in [-0.2, 0) is 21.3 Å². The van der Waals surface area contributed by atoms with Gasteiger partial charge in [-0.3, -0.25) is 4.90 Å². The van der Waals surface area contributed by atoms with Crippen LogP contribution in [0.15, 0.2) is 36.5 Å². The SMILES string of the molecule is CC1(C)CN(Cc2cc3nc(-n4ncc5ccccc54)nc(N4CCOCC4)c3s2)CCN1S(C)(=O)=O. The molecular weight excluding hydrogens is 510 g/mol. The van der Waals surface area contributed by atoms with Crippen LogP contribution >= 0.6 is 11.3 Å². The maximum absolute atomic E-state index is 12.3. The molecule has 2 saturated heterocycles. The van der Waals surface area contributed by atoms with E-state index in [2.05, 4.69) is 21.0 Å². The first kappa shape index (κ1) is 24.7. The van der Waals surface area contributed by atoms with Gasteiger partial charge in [-0.15, -0.1) is 11.3 Å². The summed E-state index contributed by atoms with van der Waals surface area (Å²) in [6.07, 6.45) is 3.14. The normalized spacial score (nSPS) is 19.7. The Morgan fingerprint density at radius 2 is 1.86 bits per heavy atom. The predicted octanol–water partition coefficient (Wildman–Crippen LogP) is 2.72. The smallest absolute Gasteiger partial charge is 0.253 e. The number of rotatable bonds is 5. The number of hydrogen-bond donors (Lipinski definition) is 0. The van der Waals surface area contributed by atoms with Gasteiger partial charge >= 0.3 is 0 Å². The molecule has 0 bridgehead atoms. The molecule has 2 aliphatic heterocycles. The van der Waals surface area contributed by atoms with E-state index in [-0.39, 0.29) is 0 Å². The maximum atomic E-state index is 12.3. The van der Waals surface area contributed by atoms with Crippen LogP contribution < -0.4 is 4.90 Å². The number of fused-ring (bicyclic) bond motifs is 2. The van der Waals surface area contributed by atoms with E-state index in [1.165, 1.54) is 11.1 Å². The van der Waals surface area contributed by atoms with Crippen molar-refractivity contribution in [3.8, 4) is 5.95 Å². The van der Waals surface area contributed by atoms with Crippen molar-refractivity contribution in [3.05, 3.63) is 41.4 Å². The number of morpholine rings is 1. The van der Waals surface area contributed by atoms with Crippen molar-refractivity contribution >= 4 is 48.3 Å². The standard InChI is InChI=1S/C25H31N7O3S2/c1-25(2)17-29(8-9-31(25)37(3,33)34)16-19-14-20-22(36-19)23(30-10-12-35-13-11-30)28-24(27-20)32-21-7-5-4-6-18(21)15-26-32/h4-7,14-15H,8-13,16-17H2,1-3H3. The molecule has 4 aromatic rings. The Morgan fingerprint density at radius 3 is 2.62 bits per heavy atom. The fraction of sp³-hybridized carbons (Fsp3) is 0.480. The molecule has 2 aliphatic rings. The summed E-state index contributed by atoms with van der Waals surface area (Å²) < 4.78 is 34.6. The summed E-state index contributed by atoms with van der Waals surface area (Å²) in [5, 5.41) is 5.63. The molecule has 6 rings (SSSR count). The van der Waals surface area contributed by atoms with Crippen LogP contribution in [0.3, 0.4) is 0 Å². The van der Waals surface area contributed by atoms with Crippen molar-refractivity contribution in [1.82, 2.24) is 29.0 Å². The van der Waals surface area contributed by atoms with Crippen LogP contribution in [0.25, 0.3) is 27.1 Å². The number of hydrogen-bond acceptors (Lipinski definition) is 9. The van der Waals surface area contributed by atoms with Crippen LogP contribution in [0.2, 0.25) is 0 Å². The summed E-state index contributed by atoms with van der Waals surface area (Å²) in [6, 6.07) is 10.2. The monoisotopic (exact) mass is 541 g/mol. The number of anilines is 1. The fourth-order valence-electron chi connectivity index (χ4n) is 5.46. The topological polar surface area (TPSA) is 96.7 Å². The Balaban J connectivity index is 1.36. The summed E-state index contributed by atoms with van der Waals surface area (Å²) >= 11 is 1.72.